The lowest BCUT2D eigenvalue weighted by atomic mass is 10.1. The smallest absolute Gasteiger partial charge is 0.213 e. The van der Waals surface area contributed by atoms with E-state index in [9.17, 15) is 4.39 Å². The molecule has 0 saturated heterocycles. The van der Waals surface area contributed by atoms with E-state index in [-0.39, 0.29) is 0 Å². The Labute approximate surface area is 91.0 Å². The molecule has 0 aliphatic carbocycles. The van der Waals surface area contributed by atoms with Crippen molar-refractivity contribution in [3.05, 3.63) is 48.7 Å². The summed E-state index contributed by atoms with van der Waals surface area (Å²) in [5, 5.41) is 0.945. The monoisotopic (exact) mass is 213 g/mol. The summed E-state index contributed by atoms with van der Waals surface area (Å²) in [6, 6.07) is 8.50. The minimum absolute atomic E-state index is 0.474. The first-order chi connectivity index (χ1) is 7.84. The second-order valence-electron chi connectivity index (χ2n) is 3.44. The van der Waals surface area contributed by atoms with E-state index in [0.717, 1.165) is 16.6 Å². The molecule has 0 saturated carbocycles. The lowest BCUT2D eigenvalue weighted by Crippen LogP contribution is -1.88. The number of aromatic amines is 1. The van der Waals surface area contributed by atoms with E-state index < -0.39 is 5.95 Å². The fraction of sp³-hybridized carbons (Fsp3) is 0. The fourth-order valence-corrected chi connectivity index (χ4v) is 1.74. The van der Waals surface area contributed by atoms with Crippen LogP contribution in [0.2, 0.25) is 0 Å². The molecule has 3 nitrogen and oxygen atoms in total. The van der Waals surface area contributed by atoms with Gasteiger partial charge >= 0.3 is 0 Å². The minimum atomic E-state index is -0.474. The van der Waals surface area contributed by atoms with Crippen molar-refractivity contribution < 1.29 is 4.39 Å². The van der Waals surface area contributed by atoms with E-state index in [1.165, 1.54) is 6.07 Å². The molecular weight excluding hydrogens is 205 g/mol. The number of fused-ring (bicyclic) bond motifs is 1. The topological polar surface area (TPSA) is 41.6 Å². The second kappa shape index (κ2) is 3.41. The molecule has 3 heterocycles. The highest BCUT2D eigenvalue weighted by molar-refractivity contribution is 5.91. The molecule has 3 rings (SSSR count). The second-order valence-corrected chi connectivity index (χ2v) is 3.44. The van der Waals surface area contributed by atoms with Crippen LogP contribution >= 0.6 is 0 Å². The summed E-state index contributed by atoms with van der Waals surface area (Å²) in [6.45, 7) is 0. The van der Waals surface area contributed by atoms with Crippen LogP contribution in [0.15, 0.2) is 42.7 Å². The molecule has 0 fully saturated rings. The van der Waals surface area contributed by atoms with E-state index in [2.05, 4.69) is 15.0 Å². The third-order valence-corrected chi connectivity index (χ3v) is 2.45. The number of aromatic nitrogens is 3. The standard InChI is InChI=1S/C12H8FN3/c13-11-3-1-2-10(16-11)8-4-6-14-12-9(8)5-7-15-12/h1-7H,(H,14,15). The van der Waals surface area contributed by atoms with Gasteiger partial charge in [0.1, 0.15) is 5.65 Å². The molecule has 0 unspecified atom stereocenters. The van der Waals surface area contributed by atoms with Crippen molar-refractivity contribution >= 4 is 11.0 Å². The molecule has 0 bridgehead atoms. The lowest BCUT2D eigenvalue weighted by Gasteiger charge is -2.01. The van der Waals surface area contributed by atoms with Crippen molar-refractivity contribution in [2.75, 3.05) is 0 Å². The van der Waals surface area contributed by atoms with Crippen LogP contribution in [0, 0.1) is 5.95 Å². The summed E-state index contributed by atoms with van der Waals surface area (Å²) in [7, 11) is 0. The summed E-state index contributed by atoms with van der Waals surface area (Å²) >= 11 is 0. The van der Waals surface area contributed by atoms with Crippen LogP contribution < -0.4 is 0 Å². The lowest BCUT2D eigenvalue weighted by molar-refractivity contribution is 0.585. The number of hydrogen-bond donors (Lipinski definition) is 1. The maximum absolute atomic E-state index is 13.0. The zero-order valence-electron chi connectivity index (χ0n) is 8.31. The minimum Gasteiger partial charge on any atom is -0.346 e. The molecule has 16 heavy (non-hydrogen) atoms. The van der Waals surface area contributed by atoms with Crippen molar-refractivity contribution in [1.82, 2.24) is 15.0 Å². The van der Waals surface area contributed by atoms with Crippen molar-refractivity contribution in [1.29, 1.82) is 0 Å². The van der Waals surface area contributed by atoms with Gasteiger partial charge in [-0.05, 0) is 24.3 Å². The Morgan fingerprint density at radius 3 is 2.94 bits per heavy atom. The molecule has 3 aromatic heterocycles. The van der Waals surface area contributed by atoms with Crippen LogP contribution in [0.25, 0.3) is 22.3 Å². The van der Waals surface area contributed by atoms with Gasteiger partial charge in [-0.3, -0.25) is 0 Å². The van der Waals surface area contributed by atoms with Gasteiger partial charge in [0.15, 0.2) is 0 Å². The molecule has 0 aliphatic rings. The van der Waals surface area contributed by atoms with Gasteiger partial charge in [-0.25, -0.2) is 9.97 Å². The van der Waals surface area contributed by atoms with Gasteiger partial charge in [-0.2, -0.15) is 4.39 Å². The first-order valence-corrected chi connectivity index (χ1v) is 4.89. The molecule has 0 atom stereocenters. The van der Waals surface area contributed by atoms with Crippen LogP contribution in [0.3, 0.4) is 0 Å². The van der Waals surface area contributed by atoms with Crippen molar-refractivity contribution in [2.24, 2.45) is 0 Å². The quantitative estimate of drug-likeness (QED) is 0.631. The average molecular weight is 213 g/mol. The Hall–Kier alpha value is -2.23. The third kappa shape index (κ3) is 1.35. The predicted molar refractivity (Wildman–Crippen MR) is 59.3 cm³/mol. The molecular formula is C12H8FN3. The van der Waals surface area contributed by atoms with Crippen molar-refractivity contribution in [3.8, 4) is 11.3 Å². The first kappa shape index (κ1) is 9.03. The van der Waals surface area contributed by atoms with E-state index in [1.807, 2.05) is 12.1 Å². The fourth-order valence-electron chi connectivity index (χ4n) is 1.74. The highest BCUT2D eigenvalue weighted by Gasteiger charge is 2.06. The number of nitrogens with zero attached hydrogens (tertiary/aromatic N) is 2. The van der Waals surface area contributed by atoms with Gasteiger partial charge in [0, 0.05) is 23.3 Å². The molecule has 0 radical (unpaired) electrons. The Balaban J connectivity index is 2.29. The molecule has 3 aromatic rings. The molecule has 4 heteroatoms. The number of hydrogen-bond acceptors (Lipinski definition) is 2. The normalized spacial score (nSPS) is 10.8. The Bertz CT molecular complexity index is 645. The average Bonchev–Trinajstić information content (AvgIpc) is 2.76. The van der Waals surface area contributed by atoms with Crippen molar-refractivity contribution in [2.45, 2.75) is 0 Å². The zero-order chi connectivity index (χ0) is 11.0. The van der Waals surface area contributed by atoms with Gasteiger partial charge in [0.05, 0.1) is 5.69 Å². The summed E-state index contributed by atoms with van der Waals surface area (Å²) in [4.78, 5) is 11.0. The van der Waals surface area contributed by atoms with Gasteiger partial charge in [0.2, 0.25) is 5.95 Å². The van der Waals surface area contributed by atoms with Gasteiger partial charge in [-0.15, -0.1) is 0 Å². The largest absolute Gasteiger partial charge is 0.346 e. The summed E-state index contributed by atoms with van der Waals surface area (Å²) < 4.78 is 13.0. The van der Waals surface area contributed by atoms with Crippen LogP contribution in [-0.4, -0.2) is 15.0 Å². The maximum Gasteiger partial charge on any atom is 0.213 e. The van der Waals surface area contributed by atoms with E-state index in [4.69, 9.17) is 0 Å². The third-order valence-electron chi connectivity index (χ3n) is 2.45. The molecule has 1 N–H and O–H groups in total. The maximum atomic E-state index is 13.0. The predicted octanol–water partition coefficient (Wildman–Crippen LogP) is 2.76. The Morgan fingerprint density at radius 1 is 1.12 bits per heavy atom. The SMILES string of the molecule is Fc1cccc(-c2ccnc3[nH]ccc23)n1. The number of rotatable bonds is 1. The van der Waals surface area contributed by atoms with E-state index in [0.29, 0.717) is 5.69 Å². The molecule has 0 aliphatic heterocycles. The van der Waals surface area contributed by atoms with E-state index >= 15 is 0 Å². The number of halogens is 1. The molecule has 0 spiro atoms. The highest BCUT2D eigenvalue weighted by atomic mass is 19.1. The van der Waals surface area contributed by atoms with Crippen LogP contribution in [0.5, 0.6) is 0 Å². The number of nitrogens with one attached hydrogen (secondary N) is 1. The number of H-pyrrole nitrogens is 1. The van der Waals surface area contributed by atoms with Crippen LogP contribution in [-0.2, 0) is 0 Å². The van der Waals surface area contributed by atoms with Gasteiger partial charge < -0.3 is 4.98 Å². The van der Waals surface area contributed by atoms with Gasteiger partial charge in [-0.1, -0.05) is 6.07 Å². The van der Waals surface area contributed by atoms with Crippen LogP contribution in [0.1, 0.15) is 0 Å². The Morgan fingerprint density at radius 2 is 2.06 bits per heavy atom. The summed E-state index contributed by atoms with van der Waals surface area (Å²) in [5.41, 5.74) is 2.28. The Kier molecular flexibility index (Phi) is 1.93. The summed E-state index contributed by atoms with van der Waals surface area (Å²) in [5.74, 6) is -0.474. The van der Waals surface area contributed by atoms with Crippen LogP contribution in [0.4, 0.5) is 4.39 Å². The van der Waals surface area contributed by atoms with E-state index in [1.54, 1.807) is 24.5 Å². The van der Waals surface area contributed by atoms with Gasteiger partial charge in [0.25, 0.3) is 0 Å². The number of pyridine rings is 2. The molecule has 0 aromatic carbocycles. The first-order valence-electron chi connectivity index (χ1n) is 4.89. The zero-order valence-corrected chi connectivity index (χ0v) is 8.31. The molecule has 0 amide bonds. The molecule has 78 valence electrons. The highest BCUT2D eigenvalue weighted by Crippen LogP contribution is 2.25. The summed E-state index contributed by atoms with van der Waals surface area (Å²) in [6.07, 6.45) is 3.49. The van der Waals surface area contributed by atoms with Crippen molar-refractivity contribution in [3.63, 3.8) is 0 Å².